The van der Waals surface area contributed by atoms with Crippen molar-refractivity contribution in [2.24, 2.45) is 0 Å². The number of hydrogen-bond donors (Lipinski definition) is 2. The summed E-state index contributed by atoms with van der Waals surface area (Å²) < 4.78 is 23.9. The summed E-state index contributed by atoms with van der Waals surface area (Å²) in [7, 11) is 0. The van der Waals surface area contributed by atoms with Crippen molar-refractivity contribution >= 4 is 28.8 Å². The molecule has 0 unspecified atom stereocenters. The molecule has 3 rings (SSSR count). The van der Waals surface area contributed by atoms with Crippen LogP contribution in [0.3, 0.4) is 0 Å². The van der Waals surface area contributed by atoms with Crippen LogP contribution in [0.2, 0.25) is 0 Å². The van der Waals surface area contributed by atoms with Crippen LogP contribution in [0.15, 0.2) is 48.5 Å². The number of ether oxygens (including phenoxy) is 2. The molecule has 0 radical (unpaired) electrons. The molecule has 0 atom stereocenters. The van der Waals surface area contributed by atoms with Gasteiger partial charge in [0, 0.05) is 12.2 Å². The lowest BCUT2D eigenvalue weighted by Gasteiger charge is -2.07. The highest BCUT2D eigenvalue weighted by Gasteiger charge is 2.14. The second kappa shape index (κ2) is 11.1. The summed E-state index contributed by atoms with van der Waals surface area (Å²) in [6.45, 7) is 2.78. The summed E-state index contributed by atoms with van der Waals surface area (Å²) in [4.78, 5) is 24.1. The van der Waals surface area contributed by atoms with E-state index >= 15 is 0 Å². The summed E-state index contributed by atoms with van der Waals surface area (Å²) in [5, 5.41) is 13.5. The van der Waals surface area contributed by atoms with Gasteiger partial charge in [-0.15, -0.1) is 10.2 Å². The summed E-state index contributed by atoms with van der Waals surface area (Å²) in [5.41, 5.74) is 1.26. The Labute approximate surface area is 182 Å². The van der Waals surface area contributed by atoms with Gasteiger partial charge in [-0.1, -0.05) is 29.5 Å². The number of anilines is 1. The van der Waals surface area contributed by atoms with Crippen LogP contribution in [-0.2, 0) is 22.7 Å². The van der Waals surface area contributed by atoms with E-state index in [1.807, 2.05) is 31.2 Å². The third-order valence-electron chi connectivity index (χ3n) is 3.93. The number of hydrogen-bond acceptors (Lipinski definition) is 7. The minimum atomic E-state index is -0.498. The van der Waals surface area contributed by atoms with E-state index in [1.54, 1.807) is 6.07 Å². The van der Waals surface area contributed by atoms with Gasteiger partial charge >= 0.3 is 0 Å². The van der Waals surface area contributed by atoms with Crippen molar-refractivity contribution in [1.82, 2.24) is 15.5 Å². The first-order valence-corrected chi connectivity index (χ1v) is 10.3. The molecule has 162 valence electrons. The van der Waals surface area contributed by atoms with Crippen LogP contribution in [0.4, 0.5) is 10.1 Å². The van der Waals surface area contributed by atoms with Crippen LogP contribution in [0.1, 0.15) is 27.3 Å². The normalized spacial score (nSPS) is 10.5. The van der Waals surface area contributed by atoms with Gasteiger partial charge in [0.05, 0.1) is 6.61 Å². The van der Waals surface area contributed by atoms with Crippen molar-refractivity contribution in [2.45, 2.75) is 20.1 Å². The third-order valence-corrected chi connectivity index (χ3v) is 4.82. The molecule has 10 heteroatoms. The van der Waals surface area contributed by atoms with Crippen LogP contribution in [0, 0.1) is 5.82 Å². The standard InChI is InChI=1S/C21H21FN4O4S/c1-2-30-17-8-6-14(7-9-17)11-23-18(27)12-29-13-19-25-26-21(31-19)20(28)24-16-5-3-4-15(22)10-16/h3-10H,2,11-13H2,1H3,(H,23,27)(H,24,28). The van der Waals surface area contributed by atoms with Crippen LogP contribution in [-0.4, -0.2) is 35.2 Å². The van der Waals surface area contributed by atoms with E-state index < -0.39 is 11.7 Å². The van der Waals surface area contributed by atoms with Gasteiger partial charge in [0.2, 0.25) is 10.9 Å². The molecule has 1 aromatic heterocycles. The Hall–Kier alpha value is -3.37. The van der Waals surface area contributed by atoms with E-state index in [1.165, 1.54) is 18.2 Å². The van der Waals surface area contributed by atoms with E-state index in [9.17, 15) is 14.0 Å². The van der Waals surface area contributed by atoms with Crippen molar-refractivity contribution in [2.75, 3.05) is 18.5 Å². The largest absolute Gasteiger partial charge is 0.494 e. The number of benzene rings is 2. The maximum absolute atomic E-state index is 13.2. The van der Waals surface area contributed by atoms with Gasteiger partial charge in [-0.3, -0.25) is 9.59 Å². The smallest absolute Gasteiger partial charge is 0.286 e. The Bertz CT molecular complexity index is 1030. The molecule has 0 spiro atoms. The first kappa shape index (κ1) is 22.3. The number of amides is 2. The Balaban J connectivity index is 1.39. The molecular formula is C21H21FN4O4S. The number of nitrogens with one attached hydrogen (secondary N) is 2. The van der Waals surface area contributed by atoms with Gasteiger partial charge < -0.3 is 20.1 Å². The average Bonchev–Trinajstić information content (AvgIpc) is 3.23. The van der Waals surface area contributed by atoms with Crippen molar-refractivity contribution in [3.63, 3.8) is 0 Å². The maximum Gasteiger partial charge on any atom is 0.286 e. The molecule has 3 aromatic rings. The number of aromatic nitrogens is 2. The minimum Gasteiger partial charge on any atom is -0.494 e. The van der Waals surface area contributed by atoms with Gasteiger partial charge in [-0.2, -0.15) is 0 Å². The summed E-state index contributed by atoms with van der Waals surface area (Å²) >= 11 is 1.04. The molecule has 8 nitrogen and oxygen atoms in total. The zero-order valence-corrected chi connectivity index (χ0v) is 17.6. The fourth-order valence-electron chi connectivity index (χ4n) is 2.51. The third kappa shape index (κ3) is 7.12. The Kier molecular flexibility index (Phi) is 8.02. The van der Waals surface area contributed by atoms with Gasteiger partial charge in [0.25, 0.3) is 5.91 Å². The lowest BCUT2D eigenvalue weighted by atomic mass is 10.2. The second-order valence-corrected chi connectivity index (χ2v) is 7.37. The van der Waals surface area contributed by atoms with E-state index in [0.717, 1.165) is 22.6 Å². The van der Waals surface area contributed by atoms with E-state index in [4.69, 9.17) is 9.47 Å². The van der Waals surface area contributed by atoms with Crippen molar-refractivity contribution in [1.29, 1.82) is 0 Å². The topological polar surface area (TPSA) is 102 Å². The fourth-order valence-corrected chi connectivity index (χ4v) is 3.18. The Morgan fingerprint density at radius 2 is 1.94 bits per heavy atom. The highest BCUT2D eigenvalue weighted by Crippen LogP contribution is 2.15. The van der Waals surface area contributed by atoms with Crippen LogP contribution >= 0.6 is 11.3 Å². The fraction of sp³-hybridized carbons (Fsp3) is 0.238. The van der Waals surface area contributed by atoms with Crippen LogP contribution in [0.5, 0.6) is 5.75 Å². The highest BCUT2D eigenvalue weighted by molar-refractivity contribution is 7.13. The quantitative estimate of drug-likeness (QED) is 0.498. The van der Waals surface area contributed by atoms with E-state index in [2.05, 4.69) is 20.8 Å². The van der Waals surface area contributed by atoms with Gasteiger partial charge in [0.15, 0.2) is 0 Å². The predicted octanol–water partition coefficient (Wildman–Crippen LogP) is 3.16. The Morgan fingerprint density at radius 1 is 1.13 bits per heavy atom. The number of carbonyl (C=O) groups is 2. The second-order valence-electron chi connectivity index (χ2n) is 6.31. The molecule has 31 heavy (non-hydrogen) atoms. The number of halogens is 1. The molecular weight excluding hydrogens is 423 g/mol. The molecule has 0 fully saturated rings. The van der Waals surface area contributed by atoms with E-state index in [0.29, 0.717) is 23.8 Å². The van der Waals surface area contributed by atoms with Gasteiger partial charge in [-0.25, -0.2) is 4.39 Å². The Morgan fingerprint density at radius 3 is 2.68 bits per heavy atom. The van der Waals surface area contributed by atoms with Crippen molar-refractivity contribution in [3.8, 4) is 5.75 Å². The molecule has 0 saturated heterocycles. The number of nitrogens with zero attached hydrogens (tertiary/aromatic N) is 2. The molecule has 0 aliphatic carbocycles. The molecule has 2 amide bonds. The van der Waals surface area contributed by atoms with Crippen molar-refractivity contribution in [3.05, 3.63) is 69.9 Å². The zero-order chi connectivity index (χ0) is 22.1. The predicted molar refractivity (Wildman–Crippen MR) is 113 cm³/mol. The van der Waals surface area contributed by atoms with Crippen LogP contribution < -0.4 is 15.4 Å². The minimum absolute atomic E-state index is 0.0430. The average molecular weight is 444 g/mol. The number of carbonyl (C=O) groups excluding carboxylic acids is 2. The zero-order valence-electron chi connectivity index (χ0n) is 16.8. The lowest BCUT2D eigenvalue weighted by Crippen LogP contribution is -2.27. The van der Waals surface area contributed by atoms with Gasteiger partial charge in [0.1, 0.15) is 29.8 Å². The molecule has 2 aromatic carbocycles. The molecule has 0 bridgehead atoms. The monoisotopic (exact) mass is 444 g/mol. The van der Waals surface area contributed by atoms with Crippen LogP contribution in [0.25, 0.3) is 0 Å². The van der Waals surface area contributed by atoms with Crippen molar-refractivity contribution < 1.29 is 23.5 Å². The molecule has 0 aliphatic heterocycles. The number of rotatable bonds is 10. The summed E-state index contributed by atoms with van der Waals surface area (Å²) in [6, 6.07) is 13.0. The summed E-state index contributed by atoms with van der Waals surface area (Å²) in [5.74, 6) is -0.447. The molecule has 0 aliphatic rings. The molecule has 2 N–H and O–H groups in total. The van der Waals surface area contributed by atoms with Gasteiger partial charge in [-0.05, 0) is 42.8 Å². The first-order chi connectivity index (χ1) is 15.0. The summed E-state index contributed by atoms with van der Waals surface area (Å²) in [6.07, 6.45) is 0. The first-order valence-electron chi connectivity index (χ1n) is 9.49. The lowest BCUT2D eigenvalue weighted by molar-refractivity contribution is -0.126. The SMILES string of the molecule is CCOc1ccc(CNC(=O)COCc2nnc(C(=O)Nc3cccc(F)c3)s2)cc1. The molecule has 1 heterocycles. The highest BCUT2D eigenvalue weighted by atomic mass is 32.1. The molecule has 0 saturated carbocycles. The van der Waals surface area contributed by atoms with E-state index in [-0.39, 0.29) is 24.1 Å². The maximum atomic E-state index is 13.2.